The van der Waals surface area contributed by atoms with E-state index < -0.39 is 37.2 Å². The van der Waals surface area contributed by atoms with Crippen LogP contribution in [-0.4, -0.2) is 25.4 Å². The SMILES string of the molecule is CCC(C(=O)OCCOC(=C(F)F)C(F)(F)F)C(C)C. The summed E-state index contributed by atoms with van der Waals surface area (Å²) in [4.78, 5) is 11.5. The van der Waals surface area contributed by atoms with E-state index in [9.17, 15) is 26.7 Å². The highest BCUT2D eigenvalue weighted by Crippen LogP contribution is 2.30. The largest absolute Gasteiger partial charge is 0.482 e. The summed E-state index contributed by atoms with van der Waals surface area (Å²) >= 11 is 0. The molecule has 0 aliphatic rings. The van der Waals surface area contributed by atoms with Crippen LogP contribution in [0.25, 0.3) is 0 Å². The predicted octanol–water partition coefficient (Wildman–Crippen LogP) is 3.90. The Morgan fingerprint density at radius 2 is 1.60 bits per heavy atom. The van der Waals surface area contributed by atoms with Crippen molar-refractivity contribution in [3.8, 4) is 0 Å². The second-order valence-electron chi connectivity index (χ2n) is 4.36. The number of ether oxygens (including phenoxy) is 2. The summed E-state index contributed by atoms with van der Waals surface area (Å²) in [5, 5.41) is 0. The Labute approximate surface area is 113 Å². The van der Waals surface area contributed by atoms with Crippen LogP contribution in [0.2, 0.25) is 0 Å². The average Bonchev–Trinajstić information content (AvgIpc) is 2.26. The van der Waals surface area contributed by atoms with Gasteiger partial charge in [0.2, 0.25) is 0 Å². The van der Waals surface area contributed by atoms with Gasteiger partial charge in [-0.25, -0.2) is 0 Å². The van der Waals surface area contributed by atoms with Crippen LogP contribution in [-0.2, 0) is 14.3 Å². The zero-order valence-corrected chi connectivity index (χ0v) is 11.4. The first kappa shape index (κ1) is 18.7. The molecule has 118 valence electrons. The Hall–Kier alpha value is -1.34. The number of halogens is 5. The number of alkyl halides is 3. The maximum absolute atomic E-state index is 12.1. The Morgan fingerprint density at radius 3 is 1.95 bits per heavy atom. The third-order valence-electron chi connectivity index (χ3n) is 2.55. The number of hydrogen-bond donors (Lipinski definition) is 0. The van der Waals surface area contributed by atoms with Crippen molar-refractivity contribution in [3.05, 3.63) is 11.8 Å². The van der Waals surface area contributed by atoms with Gasteiger partial charge in [-0.15, -0.1) is 0 Å². The van der Waals surface area contributed by atoms with Crippen LogP contribution >= 0.6 is 0 Å². The first-order valence-electron chi connectivity index (χ1n) is 6.03. The monoisotopic (exact) mass is 304 g/mol. The molecule has 0 saturated heterocycles. The van der Waals surface area contributed by atoms with E-state index in [0.717, 1.165) is 0 Å². The minimum absolute atomic E-state index is 0.0161. The predicted molar refractivity (Wildman–Crippen MR) is 60.8 cm³/mol. The summed E-state index contributed by atoms with van der Waals surface area (Å²) in [6, 6.07) is 0. The van der Waals surface area contributed by atoms with E-state index in [1.54, 1.807) is 20.8 Å². The Kier molecular flexibility index (Phi) is 7.52. The molecular weight excluding hydrogens is 287 g/mol. The molecule has 0 aliphatic heterocycles. The quantitative estimate of drug-likeness (QED) is 0.310. The van der Waals surface area contributed by atoms with Gasteiger partial charge in [-0.3, -0.25) is 4.79 Å². The van der Waals surface area contributed by atoms with Gasteiger partial charge in [-0.2, -0.15) is 22.0 Å². The molecule has 0 N–H and O–H groups in total. The highest BCUT2D eigenvalue weighted by Gasteiger charge is 2.40. The lowest BCUT2D eigenvalue weighted by Gasteiger charge is -2.18. The number of esters is 1. The van der Waals surface area contributed by atoms with Crippen molar-refractivity contribution in [3.63, 3.8) is 0 Å². The third kappa shape index (κ3) is 6.21. The third-order valence-corrected chi connectivity index (χ3v) is 2.55. The van der Waals surface area contributed by atoms with Gasteiger partial charge in [0.05, 0.1) is 5.92 Å². The van der Waals surface area contributed by atoms with Crippen LogP contribution < -0.4 is 0 Å². The molecule has 0 saturated carbocycles. The zero-order valence-electron chi connectivity index (χ0n) is 11.4. The molecule has 0 bridgehead atoms. The zero-order chi connectivity index (χ0) is 15.9. The summed E-state index contributed by atoms with van der Waals surface area (Å²) in [5.41, 5.74) is 0. The standard InChI is InChI=1S/C12H17F5O3/c1-4-8(7(2)3)11(18)20-6-5-19-9(10(13)14)12(15,16)17/h7-8H,4-6H2,1-3H3. The number of allylic oxidation sites excluding steroid dienone is 1. The summed E-state index contributed by atoms with van der Waals surface area (Å²) in [6.45, 7) is 4.07. The molecule has 0 aromatic heterocycles. The molecule has 0 radical (unpaired) electrons. The van der Waals surface area contributed by atoms with Gasteiger partial charge in [0.15, 0.2) is 0 Å². The van der Waals surface area contributed by atoms with Crippen LogP contribution in [0.15, 0.2) is 11.8 Å². The number of carbonyl (C=O) groups excluding carboxylic acids is 1. The van der Waals surface area contributed by atoms with Crippen LogP contribution in [0.5, 0.6) is 0 Å². The summed E-state index contributed by atoms with van der Waals surface area (Å²) < 4.78 is 68.8. The second-order valence-corrected chi connectivity index (χ2v) is 4.36. The van der Waals surface area contributed by atoms with E-state index in [0.29, 0.717) is 6.42 Å². The van der Waals surface area contributed by atoms with Gasteiger partial charge < -0.3 is 9.47 Å². The number of carbonyl (C=O) groups is 1. The Bertz CT molecular complexity index is 345. The van der Waals surface area contributed by atoms with Crippen molar-refractivity contribution in [1.82, 2.24) is 0 Å². The molecule has 0 fully saturated rings. The van der Waals surface area contributed by atoms with E-state index in [2.05, 4.69) is 4.74 Å². The molecule has 0 aliphatic carbocycles. The Morgan fingerprint density at radius 1 is 1.10 bits per heavy atom. The molecule has 0 heterocycles. The molecule has 1 atom stereocenters. The Balaban J connectivity index is 4.27. The van der Waals surface area contributed by atoms with E-state index in [-0.39, 0.29) is 11.8 Å². The van der Waals surface area contributed by atoms with Crippen molar-refractivity contribution in [2.24, 2.45) is 11.8 Å². The number of rotatable bonds is 7. The minimum Gasteiger partial charge on any atom is -0.482 e. The van der Waals surface area contributed by atoms with Crippen molar-refractivity contribution in [1.29, 1.82) is 0 Å². The molecule has 0 rings (SSSR count). The lowest BCUT2D eigenvalue weighted by Crippen LogP contribution is -2.24. The highest BCUT2D eigenvalue weighted by atomic mass is 19.4. The summed E-state index contributed by atoms with van der Waals surface area (Å²) in [5.74, 6) is -3.30. The first-order valence-corrected chi connectivity index (χ1v) is 6.03. The minimum atomic E-state index is -5.27. The van der Waals surface area contributed by atoms with Gasteiger partial charge >= 0.3 is 18.2 Å². The van der Waals surface area contributed by atoms with Crippen molar-refractivity contribution in [2.45, 2.75) is 33.4 Å². The van der Waals surface area contributed by atoms with Gasteiger partial charge in [-0.05, 0) is 12.3 Å². The molecule has 0 aromatic carbocycles. The molecule has 1 unspecified atom stereocenters. The van der Waals surface area contributed by atoms with Crippen molar-refractivity contribution >= 4 is 5.97 Å². The summed E-state index contributed by atoms with van der Waals surface area (Å²) in [7, 11) is 0. The fourth-order valence-corrected chi connectivity index (χ4v) is 1.55. The number of hydrogen-bond acceptors (Lipinski definition) is 3. The normalized spacial score (nSPS) is 13.1. The van der Waals surface area contributed by atoms with Crippen molar-refractivity contribution in [2.75, 3.05) is 13.2 Å². The second kappa shape index (κ2) is 8.06. The van der Waals surface area contributed by atoms with E-state index in [1.165, 1.54) is 0 Å². The van der Waals surface area contributed by atoms with Gasteiger partial charge in [0.1, 0.15) is 13.2 Å². The van der Waals surface area contributed by atoms with Crippen LogP contribution in [0.1, 0.15) is 27.2 Å². The van der Waals surface area contributed by atoms with Crippen LogP contribution in [0.3, 0.4) is 0 Å². The van der Waals surface area contributed by atoms with Crippen LogP contribution in [0.4, 0.5) is 22.0 Å². The average molecular weight is 304 g/mol. The lowest BCUT2D eigenvalue weighted by atomic mass is 9.94. The molecule has 0 spiro atoms. The van der Waals surface area contributed by atoms with Gasteiger partial charge in [0, 0.05) is 0 Å². The van der Waals surface area contributed by atoms with E-state index in [4.69, 9.17) is 4.74 Å². The van der Waals surface area contributed by atoms with Gasteiger partial charge in [0.25, 0.3) is 5.76 Å². The topological polar surface area (TPSA) is 35.5 Å². The van der Waals surface area contributed by atoms with E-state index in [1.807, 2.05) is 0 Å². The smallest absolute Gasteiger partial charge is 0.454 e. The highest BCUT2D eigenvalue weighted by molar-refractivity contribution is 5.72. The van der Waals surface area contributed by atoms with Crippen LogP contribution in [0, 0.1) is 11.8 Å². The fraction of sp³-hybridized carbons (Fsp3) is 0.750. The molecule has 3 nitrogen and oxygen atoms in total. The molecule has 8 heteroatoms. The maximum atomic E-state index is 12.1. The molecular formula is C12H17F5O3. The van der Waals surface area contributed by atoms with Gasteiger partial charge in [-0.1, -0.05) is 20.8 Å². The molecule has 0 aromatic rings. The van der Waals surface area contributed by atoms with E-state index >= 15 is 0 Å². The summed E-state index contributed by atoms with van der Waals surface area (Å²) in [6.07, 6.45) is -7.71. The van der Waals surface area contributed by atoms with Crippen molar-refractivity contribution < 1.29 is 36.2 Å². The first-order chi connectivity index (χ1) is 9.11. The fourth-order valence-electron chi connectivity index (χ4n) is 1.55. The molecule has 0 amide bonds. The molecule has 20 heavy (non-hydrogen) atoms. The maximum Gasteiger partial charge on any atom is 0.454 e. The lowest BCUT2D eigenvalue weighted by molar-refractivity contribution is -0.155.